The molecule has 0 radical (unpaired) electrons. The molecule has 126 valence electrons. The van der Waals surface area contributed by atoms with Gasteiger partial charge < -0.3 is 15.3 Å². The van der Waals surface area contributed by atoms with Crippen LogP contribution in [0.4, 0.5) is 23.7 Å². The SMILES string of the molecule is Cc1ccc(NC(=O)N2C[C@@H](C(F)(F)F)[C@H](C(=O)O)C2)cc1Br. The van der Waals surface area contributed by atoms with Crippen LogP contribution in [-0.4, -0.2) is 41.3 Å². The van der Waals surface area contributed by atoms with E-state index in [9.17, 15) is 22.8 Å². The van der Waals surface area contributed by atoms with Gasteiger partial charge in [-0.15, -0.1) is 0 Å². The average Bonchev–Trinajstić information content (AvgIpc) is 2.88. The number of likely N-dealkylation sites (tertiary alicyclic amines) is 1. The number of carboxylic acid groups (broad SMARTS) is 1. The number of aliphatic carboxylic acids is 1. The average molecular weight is 395 g/mol. The molecule has 1 aromatic carbocycles. The standard InChI is InChI=1S/C14H14BrF3N2O3/c1-7-2-3-8(4-11(7)15)19-13(23)20-5-9(12(21)22)10(6-20)14(16,17)18/h2-4,9-10H,5-6H2,1H3,(H,19,23)(H,21,22)/t9-,10-/m1/s1. The number of nitrogens with one attached hydrogen (secondary N) is 1. The van der Waals surface area contributed by atoms with Crippen molar-refractivity contribution in [2.75, 3.05) is 18.4 Å². The van der Waals surface area contributed by atoms with Crippen LogP contribution in [0.15, 0.2) is 22.7 Å². The molecule has 0 saturated carbocycles. The van der Waals surface area contributed by atoms with Gasteiger partial charge in [0.25, 0.3) is 0 Å². The predicted octanol–water partition coefficient (Wildman–Crippen LogP) is 3.48. The van der Waals surface area contributed by atoms with Crippen molar-refractivity contribution in [2.24, 2.45) is 11.8 Å². The summed E-state index contributed by atoms with van der Waals surface area (Å²) in [6.45, 7) is 0.708. The molecule has 2 rings (SSSR count). The highest BCUT2D eigenvalue weighted by atomic mass is 79.9. The second-order valence-electron chi connectivity index (χ2n) is 5.39. The smallest absolute Gasteiger partial charge is 0.394 e. The largest absolute Gasteiger partial charge is 0.481 e. The highest BCUT2D eigenvalue weighted by Crippen LogP contribution is 2.38. The van der Waals surface area contributed by atoms with Crippen LogP contribution >= 0.6 is 15.9 Å². The fraction of sp³-hybridized carbons (Fsp3) is 0.429. The molecule has 1 fully saturated rings. The number of carboxylic acids is 1. The van der Waals surface area contributed by atoms with E-state index in [4.69, 9.17) is 5.11 Å². The molecule has 0 unspecified atom stereocenters. The molecule has 1 heterocycles. The van der Waals surface area contributed by atoms with Crippen LogP contribution in [0.2, 0.25) is 0 Å². The maximum atomic E-state index is 12.9. The maximum absolute atomic E-state index is 12.9. The number of nitrogens with zero attached hydrogens (tertiary/aromatic N) is 1. The summed E-state index contributed by atoms with van der Waals surface area (Å²) in [4.78, 5) is 24.0. The molecule has 2 N–H and O–H groups in total. The van der Waals surface area contributed by atoms with E-state index in [2.05, 4.69) is 21.2 Å². The third-order valence-corrected chi connectivity index (χ3v) is 4.62. The molecule has 1 aliphatic heterocycles. The number of alkyl halides is 3. The van der Waals surface area contributed by atoms with Crippen molar-refractivity contribution >= 4 is 33.6 Å². The van der Waals surface area contributed by atoms with Crippen LogP contribution < -0.4 is 5.32 Å². The Morgan fingerprint density at radius 3 is 2.48 bits per heavy atom. The zero-order valence-electron chi connectivity index (χ0n) is 12.0. The van der Waals surface area contributed by atoms with Crippen molar-refractivity contribution in [2.45, 2.75) is 13.1 Å². The second kappa shape index (κ2) is 6.38. The van der Waals surface area contributed by atoms with Crippen LogP contribution in [0.1, 0.15) is 5.56 Å². The molecule has 2 amide bonds. The summed E-state index contributed by atoms with van der Waals surface area (Å²) in [6, 6.07) is 4.23. The summed E-state index contributed by atoms with van der Waals surface area (Å²) in [5.41, 5.74) is 1.35. The van der Waals surface area contributed by atoms with Crippen LogP contribution in [0.5, 0.6) is 0 Å². The molecule has 0 spiro atoms. The summed E-state index contributed by atoms with van der Waals surface area (Å²) in [7, 11) is 0. The lowest BCUT2D eigenvalue weighted by molar-refractivity contribution is -0.187. The predicted molar refractivity (Wildman–Crippen MR) is 80.1 cm³/mol. The molecule has 23 heavy (non-hydrogen) atoms. The second-order valence-corrected chi connectivity index (χ2v) is 6.25. The van der Waals surface area contributed by atoms with E-state index in [1.54, 1.807) is 18.2 Å². The number of carbonyl (C=O) groups excluding carboxylic acids is 1. The van der Waals surface area contributed by atoms with Crippen LogP contribution in [-0.2, 0) is 4.79 Å². The Morgan fingerprint density at radius 2 is 2.00 bits per heavy atom. The van der Waals surface area contributed by atoms with E-state index in [-0.39, 0.29) is 0 Å². The summed E-state index contributed by atoms with van der Waals surface area (Å²) in [5.74, 6) is -5.26. The molecule has 0 aliphatic carbocycles. The van der Waals surface area contributed by atoms with Crippen molar-refractivity contribution in [1.29, 1.82) is 0 Å². The first-order valence-corrected chi connectivity index (χ1v) is 7.50. The maximum Gasteiger partial charge on any atom is 0.394 e. The van der Waals surface area contributed by atoms with Crippen LogP contribution in [0.3, 0.4) is 0 Å². The molecule has 2 atom stereocenters. The number of carbonyl (C=O) groups is 2. The number of halogens is 4. The summed E-state index contributed by atoms with van der Waals surface area (Å²) < 4.78 is 39.5. The van der Waals surface area contributed by atoms with Gasteiger partial charge in [-0.2, -0.15) is 13.2 Å². The number of hydrogen-bond acceptors (Lipinski definition) is 2. The van der Waals surface area contributed by atoms with Gasteiger partial charge in [-0.25, -0.2) is 4.79 Å². The summed E-state index contributed by atoms with van der Waals surface area (Å²) in [6.07, 6.45) is -4.66. The number of rotatable bonds is 2. The monoisotopic (exact) mass is 394 g/mol. The highest BCUT2D eigenvalue weighted by molar-refractivity contribution is 9.10. The van der Waals surface area contributed by atoms with Crippen LogP contribution in [0, 0.1) is 18.8 Å². The zero-order valence-corrected chi connectivity index (χ0v) is 13.6. The molecule has 5 nitrogen and oxygen atoms in total. The number of anilines is 1. The Kier molecular flexibility index (Phi) is 4.88. The fourth-order valence-corrected chi connectivity index (χ4v) is 2.80. The number of amides is 2. The van der Waals surface area contributed by atoms with Gasteiger partial charge in [-0.05, 0) is 24.6 Å². The van der Waals surface area contributed by atoms with Gasteiger partial charge in [0.05, 0.1) is 11.8 Å². The molecule has 9 heteroatoms. The molecule has 1 saturated heterocycles. The van der Waals surface area contributed by atoms with E-state index in [1.165, 1.54) is 0 Å². The Hall–Kier alpha value is -1.77. The molecule has 1 aliphatic rings. The van der Waals surface area contributed by atoms with Crippen molar-refractivity contribution in [3.8, 4) is 0 Å². The number of hydrogen-bond donors (Lipinski definition) is 2. The van der Waals surface area contributed by atoms with Gasteiger partial charge in [0.1, 0.15) is 0 Å². The van der Waals surface area contributed by atoms with Gasteiger partial charge in [0.15, 0.2) is 0 Å². The van der Waals surface area contributed by atoms with Crippen molar-refractivity contribution in [3.05, 3.63) is 28.2 Å². The lowest BCUT2D eigenvalue weighted by atomic mass is 9.96. The number of aryl methyl sites for hydroxylation is 1. The van der Waals surface area contributed by atoms with E-state index >= 15 is 0 Å². The minimum Gasteiger partial charge on any atom is -0.481 e. The molecule has 0 aromatic heterocycles. The first-order valence-electron chi connectivity index (χ1n) is 6.71. The Morgan fingerprint density at radius 1 is 1.35 bits per heavy atom. The van der Waals surface area contributed by atoms with Crippen molar-refractivity contribution < 1.29 is 27.9 Å². The highest BCUT2D eigenvalue weighted by Gasteiger charge is 2.53. The van der Waals surface area contributed by atoms with Crippen molar-refractivity contribution in [3.63, 3.8) is 0 Å². The van der Waals surface area contributed by atoms with E-state index in [1.807, 2.05) is 6.92 Å². The third kappa shape index (κ3) is 3.95. The van der Waals surface area contributed by atoms with Gasteiger partial charge >= 0.3 is 18.2 Å². The topological polar surface area (TPSA) is 69.6 Å². The number of urea groups is 1. The van der Waals surface area contributed by atoms with Crippen molar-refractivity contribution in [1.82, 2.24) is 4.90 Å². The molecule has 1 aromatic rings. The molecular formula is C14H14BrF3N2O3. The number of benzene rings is 1. The van der Waals surface area contributed by atoms with E-state index in [0.29, 0.717) is 5.69 Å². The zero-order chi connectivity index (χ0) is 17.4. The fourth-order valence-electron chi connectivity index (χ4n) is 2.42. The van der Waals surface area contributed by atoms with E-state index in [0.717, 1.165) is 14.9 Å². The van der Waals surface area contributed by atoms with Crippen LogP contribution in [0.25, 0.3) is 0 Å². The molecule has 0 bridgehead atoms. The lowest BCUT2D eigenvalue weighted by Crippen LogP contribution is -2.35. The summed E-state index contributed by atoms with van der Waals surface area (Å²) in [5, 5.41) is 11.4. The van der Waals surface area contributed by atoms with Gasteiger partial charge in [-0.1, -0.05) is 22.0 Å². The minimum atomic E-state index is -4.66. The first kappa shape index (κ1) is 17.6. The third-order valence-electron chi connectivity index (χ3n) is 3.77. The quantitative estimate of drug-likeness (QED) is 0.806. The molecular weight excluding hydrogens is 381 g/mol. The Bertz CT molecular complexity index is 636. The minimum absolute atomic E-state index is 0.412. The normalized spacial score (nSPS) is 21.3. The van der Waals surface area contributed by atoms with Gasteiger partial charge in [0.2, 0.25) is 0 Å². The first-order chi connectivity index (χ1) is 10.6. The van der Waals surface area contributed by atoms with Gasteiger partial charge in [0, 0.05) is 23.2 Å². The summed E-state index contributed by atoms with van der Waals surface area (Å²) >= 11 is 3.29. The Balaban J connectivity index is 2.11. The van der Waals surface area contributed by atoms with E-state index < -0.39 is 43.1 Å². The lowest BCUT2D eigenvalue weighted by Gasteiger charge is -2.19. The van der Waals surface area contributed by atoms with Gasteiger partial charge in [-0.3, -0.25) is 4.79 Å². The Labute approximate surface area is 138 Å².